The van der Waals surface area contributed by atoms with Crippen molar-refractivity contribution in [3.05, 3.63) is 71.5 Å². The standard InChI is InChI=1S/C24H29FN4O2S/c1-16(2)20(15-21(27)30)23(31)29-24(12-7-13-26,18-9-4-3-5-10-18)32-22(28-29)17-8-6-11-19(25)14-17/h3-6,8-11,14,16,20H,7,12-13,15,26H2,1-2H3,(H2,27,30)/t20-,24?/m0/s1. The van der Waals surface area contributed by atoms with Crippen molar-refractivity contribution in [1.29, 1.82) is 0 Å². The van der Waals surface area contributed by atoms with Gasteiger partial charge in [-0.15, -0.1) is 0 Å². The lowest BCUT2D eigenvalue weighted by Crippen LogP contribution is -2.46. The zero-order chi connectivity index (χ0) is 23.3. The number of amides is 2. The molecule has 32 heavy (non-hydrogen) atoms. The first-order valence-electron chi connectivity index (χ1n) is 10.7. The average molecular weight is 457 g/mol. The fourth-order valence-corrected chi connectivity index (χ4v) is 5.27. The molecular formula is C24H29FN4O2S. The number of hydrazone groups is 1. The normalized spacial score (nSPS) is 19.2. The number of rotatable bonds is 9. The average Bonchev–Trinajstić information content (AvgIpc) is 3.17. The smallest absolute Gasteiger partial charge is 0.248 e. The van der Waals surface area contributed by atoms with Crippen LogP contribution in [0.25, 0.3) is 0 Å². The lowest BCUT2D eigenvalue weighted by molar-refractivity contribution is -0.143. The Hall–Kier alpha value is -2.71. The van der Waals surface area contributed by atoms with Crippen molar-refractivity contribution in [3.63, 3.8) is 0 Å². The zero-order valence-corrected chi connectivity index (χ0v) is 19.1. The zero-order valence-electron chi connectivity index (χ0n) is 18.3. The molecule has 2 aromatic rings. The summed E-state index contributed by atoms with van der Waals surface area (Å²) in [7, 11) is 0. The second-order valence-electron chi connectivity index (χ2n) is 8.23. The Morgan fingerprint density at radius 2 is 1.88 bits per heavy atom. The van der Waals surface area contributed by atoms with E-state index in [-0.39, 0.29) is 24.1 Å². The van der Waals surface area contributed by atoms with Crippen molar-refractivity contribution in [2.24, 2.45) is 28.4 Å². The van der Waals surface area contributed by atoms with Gasteiger partial charge < -0.3 is 11.5 Å². The van der Waals surface area contributed by atoms with E-state index in [2.05, 4.69) is 0 Å². The SMILES string of the molecule is CC(C)[C@H](CC(N)=O)C(=O)N1N=C(c2cccc(F)c2)SC1(CCCN)c1ccccc1. The maximum Gasteiger partial charge on any atom is 0.248 e. The van der Waals surface area contributed by atoms with E-state index in [9.17, 15) is 14.0 Å². The number of halogens is 1. The van der Waals surface area contributed by atoms with Crippen LogP contribution in [-0.4, -0.2) is 28.4 Å². The summed E-state index contributed by atoms with van der Waals surface area (Å²) in [6.45, 7) is 4.22. The molecule has 0 saturated carbocycles. The minimum absolute atomic E-state index is 0.0652. The highest BCUT2D eigenvalue weighted by Crippen LogP contribution is 2.51. The molecule has 1 heterocycles. The number of carbonyl (C=O) groups excluding carboxylic acids is 2. The lowest BCUT2D eigenvalue weighted by Gasteiger charge is -2.38. The molecule has 0 radical (unpaired) electrons. The van der Waals surface area contributed by atoms with Gasteiger partial charge in [-0.25, -0.2) is 9.40 Å². The maximum absolute atomic E-state index is 14.0. The van der Waals surface area contributed by atoms with Crippen molar-refractivity contribution in [2.45, 2.75) is 38.0 Å². The van der Waals surface area contributed by atoms with Gasteiger partial charge in [0.2, 0.25) is 11.8 Å². The predicted molar refractivity (Wildman–Crippen MR) is 126 cm³/mol. The highest BCUT2D eigenvalue weighted by atomic mass is 32.2. The number of benzene rings is 2. The quantitative estimate of drug-likeness (QED) is 0.599. The fourth-order valence-electron chi connectivity index (χ4n) is 3.87. The van der Waals surface area contributed by atoms with E-state index in [0.717, 1.165) is 5.56 Å². The largest absolute Gasteiger partial charge is 0.370 e. The Bertz CT molecular complexity index is 999. The Morgan fingerprint density at radius 1 is 1.16 bits per heavy atom. The van der Waals surface area contributed by atoms with Gasteiger partial charge in [-0.05, 0) is 43.0 Å². The third kappa shape index (κ3) is 5.02. The van der Waals surface area contributed by atoms with Gasteiger partial charge in [-0.3, -0.25) is 9.59 Å². The Kier molecular flexibility index (Phi) is 7.69. The monoisotopic (exact) mass is 456 g/mol. The van der Waals surface area contributed by atoms with Crippen LogP contribution >= 0.6 is 11.8 Å². The lowest BCUT2D eigenvalue weighted by atomic mass is 9.89. The van der Waals surface area contributed by atoms with E-state index in [0.29, 0.717) is 30.0 Å². The first-order chi connectivity index (χ1) is 15.3. The summed E-state index contributed by atoms with van der Waals surface area (Å²) in [5.41, 5.74) is 12.8. The topological polar surface area (TPSA) is 102 Å². The number of thioether (sulfide) groups is 1. The van der Waals surface area contributed by atoms with Crippen LogP contribution in [0.5, 0.6) is 0 Å². The molecule has 1 unspecified atom stereocenters. The van der Waals surface area contributed by atoms with Crippen molar-refractivity contribution in [2.75, 3.05) is 6.54 Å². The summed E-state index contributed by atoms with van der Waals surface area (Å²) in [5.74, 6) is -1.93. The maximum atomic E-state index is 14.0. The number of carbonyl (C=O) groups is 2. The summed E-state index contributed by atoms with van der Waals surface area (Å²) in [4.78, 5) is 24.7. The Morgan fingerprint density at radius 3 is 2.47 bits per heavy atom. The van der Waals surface area contributed by atoms with Gasteiger partial charge in [0, 0.05) is 12.0 Å². The number of nitrogens with zero attached hydrogens (tertiary/aromatic N) is 2. The van der Waals surface area contributed by atoms with Crippen molar-refractivity contribution in [3.8, 4) is 0 Å². The molecule has 0 aliphatic carbocycles. The molecule has 1 aliphatic heterocycles. The number of primary amides is 1. The van der Waals surface area contributed by atoms with E-state index in [1.165, 1.54) is 28.9 Å². The number of hydrogen-bond acceptors (Lipinski definition) is 5. The summed E-state index contributed by atoms with van der Waals surface area (Å²) >= 11 is 1.41. The Balaban J connectivity index is 2.14. The molecule has 0 saturated heterocycles. The van der Waals surface area contributed by atoms with E-state index in [1.54, 1.807) is 12.1 Å². The number of hydrogen-bond donors (Lipinski definition) is 2. The van der Waals surface area contributed by atoms with E-state index >= 15 is 0 Å². The molecule has 0 fully saturated rings. The van der Waals surface area contributed by atoms with Crippen LogP contribution in [0.1, 0.15) is 44.2 Å². The summed E-state index contributed by atoms with van der Waals surface area (Å²) in [6, 6.07) is 15.8. The molecule has 0 spiro atoms. The third-order valence-corrected chi connectivity index (χ3v) is 7.03. The molecule has 2 amide bonds. The van der Waals surface area contributed by atoms with Crippen LogP contribution in [-0.2, 0) is 14.5 Å². The highest BCUT2D eigenvalue weighted by Gasteiger charge is 2.50. The van der Waals surface area contributed by atoms with E-state index < -0.39 is 16.7 Å². The molecule has 3 rings (SSSR count). The molecule has 6 nitrogen and oxygen atoms in total. The van der Waals surface area contributed by atoms with Gasteiger partial charge >= 0.3 is 0 Å². The van der Waals surface area contributed by atoms with Gasteiger partial charge in [-0.2, -0.15) is 5.10 Å². The van der Waals surface area contributed by atoms with Crippen LogP contribution < -0.4 is 11.5 Å². The highest BCUT2D eigenvalue weighted by molar-refractivity contribution is 8.15. The Labute approximate surface area is 192 Å². The van der Waals surface area contributed by atoms with Crippen LogP contribution in [0.3, 0.4) is 0 Å². The van der Waals surface area contributed by atoms with Gasteiger partial charge in [0.05, 0.1) is 5.92 Å². The van der Waals surface area contributed by atoms with Gasteiger partial charge in [0.25, 0.3) is 0 Å². The molecule has 0 aromatic heterocycles. The van der Waals surface area contributed by atoms with Gasteiger partial charge in [0.1, 0.15) is 15.7 Å². The van der Waals surface area contributed by atoms with Crippen LogP contribution in [0.4, 0.5) is 4.39 Å². The molecule has 170 valence electrons. The van der Waals surface area contributed by atoms with Crippen molar-refractivity contribution < 1.29 is 14.0 Å². The third-order valence-electron chi connectivity index (χ3n) is 5.57. The first-order valence-corrected chi connectivity index (χ1v) is 11.5. The molecule has 2 atom stereocenters. The van der Waals surface area contributed by atoms with Crippen molar-refractivity contribution in [1.82, 2.24) is 5.01 Å². The molecule has 8 heteroatoms. The molecule has 4 N–H and O–H groups in total. The van der Waals surface area contributed by atoms with E-state index in [1.807, 2.05) is 44.2 Å². The summed E-state index contributed by atoms with van der Waals surface area (Å²) in [6.07, 6.45) is 1.14. The second kappa shape index (κ2) is 10.3. The van der Waals surface area contributed by atoms with E-state index in [4.69, 9.17) is 16.6 Å². The van der Waals surface area contributed by atoms with Gasteiger partial charge in [-0.1, -0.05) is 68.1 Å². The summed E-state index contributed by atoms with van der Waals surface area (Å²) in [5, 5.41) is 6.72. The molecule has 2 aromatic carbocycles. The number of nitrogens with two attached hydrogens (primary N) is 2. The minimum Gasteiger partial charge on any atom is -0.370 e. The predicted octanol–water partition coefficient (Wildman–Crippen LogP) is 3.80. The van der Waals surface area contributed by atoms with Crippen LogP contribution in [0.2, 0.25) is 0 Å². The minimum atomic E-state index is -0.857. The van der Waals surface area contributed by atoms with Crippen molar-refractivity contribution >= 4 is 28.6 Å². The summed E-state index contributed by atoms with van der Waals surface area (Å²) < 4.78 is 14.0. The van der Waals surface area contributed by atoms with Crippen LogP contribution in [0.15, 0.2) is 59.7 Å². The fraction of sp³-hybridized carbons (Fsp3) is 0.375. The van der Waals surface area contributed by atoms with Gasteiger partial charge in [0.15, 0.2) is 0 Å². The molecule has 0 bridgehead atoms. The second-order valence-corrected chi connectivity index (χ2v) is 9.50. The molecule has 1 aliphatic rings. The first kappa shape index (κ1) is 23.9. The molecular weight excluding hydrogens is 427 g/mol. The van der Waals surface area contributed by atoms with Crippen LogP contribution in [0, 0.1) is 17.7 Å².